The third-order valence-electron chi connectivity index (χ3n) is 2.76. The van der Waals surface area contributed by atoms with Crippen LogP contribution in [0.25, 0.3) is 11.1 Å². The van der Waals surface area contributed by atoms with E-state index in [-0.39, 0.29) is 0 Å². The Balaban J connectivity index is 2.52. The minimum Gasteiger partial charge on any atom is -0.496 e. The van der Waals surface area contributed by atoms with Gasteiger partial charge in [0.15, 0.2) is 5.82 Å². The average Bonchev–Trinajstić information content (AvgIpc) is 2.69. The summed E-state index contributed by atoms with van der Waals surface area (Å²) in [6.45, 7) is 4.26. The molecule has 0 aliphatic rings. The van der Waals surface area contributed by atoms with E-state index in [1.54, 1.807) is 7.11 Å². The lowest BCUT2D eigenvalue weighted by atomic mass is 9.99. The molecule has 18 heavy (non-hydrogen) atoms. The van der Waals surface area contributed by atoms with E-state index in [0.29, 0.717) is 11.7 Å². The number of anilines is 1. The summed E-state index contributed by atoms with van der Waals surface area (Å²) in [7, 11) is 1.64. The predicted molar refractivity (Wildman–Crippen MR) is 71.4 cm³/mol. The van der Waals surface area contributed by atoms with Crippen LogP contribution in [0.5, 0.6) is 5.75 Å². The Morgan fingerprint density at radius 3 is 2.72 bits per heavy atom. The highest BCUT2D eigenvalue weighted by molar-refractivity contribution is 5.80. The zero-order valence-electron chi connectivity index (χ0n) is 10.9. The molecule has 0 unspecified atom stereocenters. The Morgan fingerprint density at radius 1 is 1.33 bits per heavy atom. The summed E-state index contributed by atoms with van der Waals surface area (Å²) in [6, 6.07) is 7.74. The summed E-state index contributed by atoms with van der Waals surface area (Å²) >= 11 is 0. The van der Waals surface area contributed by atoms with Crippen molar-refractivity contribution in [2.75, 3.05) is 12.8 Å². The molecule has 0 aliphatic carbocycles. The van der Waals surface area contributed by atoms with E-state index >= 15 is 0 Å². The number of benzene rings is 1. The molecular weight excluding hydrogens is 228 g/mol. The Kier molecular flexibility index (Phi) is 3.55. The van der Waals surface area contributed by atoms with Crippen LogP contribution in [0.3, 0.4) is 0 Å². The number of nitrogens with two attached hydrogens (primary N) is 1. The summed E-state index contributed by atoms with van der Waals surface area (Å²) < 4.78 is 10.7. The largest absolute Gasteiger partial charge is 0.496 e. The van der Waals surface area contributed by atoms with Gasteiger partial charge in [-0.3, -0.25) is 0 Å². The van der Waals surface area contributed by atoms with Crippen LogP contribution in [0.1, 0.15) is 19.6 Å². The van der Waals surface area contributed by atoms with E-state index in [1.807, 2.05) is 24.3 Å². The molecule has 0 spiro atoms. The van der Waals surface area contributed by atoms with Gasteiger partial charge in [0.1, 0.15) is 11.5 Å². The molecule has 4 heteroatoms. The van der Waals surface area contributed by atoms with Crippen LogP contribution in [0.2, 0.25) is 0 Å². The number of hydrogen-bond acceptors (Lipinski definition) is 4. The second-order valence-electron chi connectivity index (χ2n) is 4.66. The SMILES string of the molecule is COc1ccccc1-c1c(N)noc1CC(C)C. The lowest BCUT2D eigenvalue weighted by Gasteiger charge is -2.09. The summed E-state index contributed by atoms with van der Waals surface area (Å²) in [5, 5.41) is 3.87. The lowest BCUT2D eigenvalue weighted by molar-refractivity contribution is 0.371. The zero-order valence-corrected chi connectivity index (χ0v) is 10.9. The van der Waals surface area contributed by atoms with Gasteiger partial charge in [-0.2, -0.15) is 0 Å². The summed E-state index contributed by atoms with van der Waals surface area (Å²) in [5.41, 5.74) is 7.69. The monoisotopic (exact) mass is 246 g/mol. The molecule has 2 aromatic rings. The van der Waals surface area contributed by atoms with Crippen LogP contribution in [0, 0.1) is 5.92 Å². The van der Waals surface area contributed by atoms with Crippen molar-refractivity contribution in [3.05, 3.63) is 30.0 Å². The van der Waals surface area contributed by atoms with E-state index in [9.17, 15) is 0 Å². The highest BCUT2D eigenvalue weighted by Gasteiger charge is 2.19. The number of hydrogen-bond donors (Lipinski definition) is 1. The molecule has 1 heterocycles. The van der Waals surface area contributed by atoms with Crippen LogP contribution in [-0.4, -0.2) is 12.3 Å². The predicted octanol–water partition coefficient (Wildman–Crippen LogP) is 3.13. The first-order valence-corrected chi connectivity index (χ1v) is 6.01. The van der Waals surface area contributed by atoms with Gasteiger partial charge in [-0.05, 0) is 12.0 Å². The molecular formula is C14H18N2O2. The molecule has 1 aromatic heterocycles. The van der Waals surface area contributed by atoms with Crippen molar-refractivity contribution in [3.63, 3.8) is 0 Å². The molecule has 4 nitrogen and oxygen atoms in total. The molecule has 0 saturated heterocycles. The second kappa shape index (κ2) is 5.12. The van der Waals surface area contributed by atoms with Crippen molar-refractivity contribution in [3.8, 4) is 16.9 Å². The van der Waals surface area contributed by atoms with Crippen LogP contribution in [-0.2, 0) is 6.42 Å². The summed E-state index contributed by atoms with van der Waals surface area (Å²) in [6.07, 6.45) is 0.803. The van der Waals surface area contributed by atoms with Crippen molar-refractivity contribution < 1.29 is 9.26 Å². The van der Waals surface area contributed by atoms with Crippen molar-refractivity contribution in [2.24, 2.45) is 5.92 Å². The minimum atomic E-state index is 0.412. The van der Waals surface area contributed by atoms with Gasteiger partial charge >= 0.3 is 0 Å². The molecule has 2 rings (SSSR count). The third-order valence-corrected chi connectivity index (χ3v) is 2.76. The number of para-hydroxylation sites is 1. The first-order valence-electron chi connectivity index (χ1n) is 6.01. The highest BCUT2D eigenvalue weighted by Crippen LogP contribution is 2.36. The van der Waals surface area contributed by atoms with Crippen molar-refractivity contribution in [1.29, 1.82) is 0 Å². The molecule has 0 fully saturated rings. The molecule has 2 N–H and O–H groups in total. The molecule has 0 saturated carbocycles. The van der Waals surface area contributed by atoms with Gasteiger partial charge < -0.3 is 15.0 Å². The van der Waals surface area contributed by atoms with Gasteiger partial charge in [-0.15, -0.1) is 0 Å². The van der Waals surface area contributed by atoms with Gasteiger partial charge in [0.05, 0.1) is 12.7 Å². The van der Waals surface area contributed by atoms with Crippen LogP contribution < -0.4 is 10.5 Å². The van der Waals surface area contributed by atoms with Gasteiger partial charge in [0.25, 0.3) is 0 Å². The lowest BCUT2D eigenvalue weighted by Crippen LogP contribution is -1.97. The zero-order chi connectivity index (χ0) is 13.1. The fraction of sp³-hybridized carbons (Fsp3) is 0.357. The Morgan fingerprint density at radius 2 is 2.06 bits per heavy atom. The number of nitrogens with zero attached hydrogens (tertiary/aromatic N) is 1. The summed E-state index contributed by atoms with van der Waals surface area (Å²) in [4.78, 5) is 0. The number of aromatic nitrogens is 1. The molecule has 96 valence electrons. The van der Waals surface area contributed by atoms with Gasteiger partial charge in [0, 0.05) is 12.0 Å². The normalized spacial score (nSPS) is 10.9. The topological polar surface area (TPSA) is 61.3 Å². The number of nitrogen functional groups attached to an aromatic ring is 1. The molecule has 1 aromatic carbocycles. The van der Waals surface area contributed by atoms with Crippen molar-refractivity contribution >= 4 is 5.82 Å². The fourth-order valence-electron chi connectivity index (χ4n) is 1.99. The second-order valence-corrected chi connectivity index (χ2v) is 4.66. The van der Waals surface area contributed by atoms with Crippen LogP contribution >= 0.6 is 0 Å². The molecule has 0 bridgehead atoms. The van der Waals surface area contributed by atoms with Crippen molar-refractivity contribution in [1.82, 2.24) is 5.16 Å². The third kappa shape index (κ3) is 2.32. The summed E-state index contributed by atoms with van der Waals surface area (Å²) in [5.74, 6) is 2.48. The van der Waals surface area contributed by atoms with E-state index in [0.717, 1.165) is 29.1 Å². The van der Waals surface area contributed by atoms with Crippen molar-refractivity contribution in [2.45, 2.75) is 20.3 Å². The van der Waals surface area contributed by atoms with Crippen LogP contribution in [0.15, 0.2) is 28.8 Å². The quantitative estimate of drug-likeness (QED) is 0.900. The average molecular weight is 246 g/mol. The smallest absolute Gasteiger partial charge is 0.175 e. The van der Waals surface area contributed by atoms with E-state index in [4.69, 9.17) is 15.0 Å². The Bertz CT molecular complexity index is 532. The van der Waals surface area contributed by atoms with Crippen LogP contribution in [0.4, 0.5) is 5.82 Å². The maximum atomic E-state index is 5.91. The number of methoxy groups -OCH3 is 1. The van der Waals surface area contributed by atoms with E-state index in [2.05, 4.69) is 19.0 Å². The van der Waals surface area contributed by atoms with Gasteiger partial charge in [0.2, 0.25) is 0 Å². The standard InChI is InChI=1S/C14H18N2O2/c1-9(2)8-12-13(14(15)16-18-12)10-6-4-5-7-11(10)17-3/h4-7,9H,8H2,1-3H3,(H2,15,16). The van der Waals surface area contributed by atoms with E-state index in [1.165, 1.54) is 0 Å². The first kappa shape index (κ1) is 12.5. The highest BCUT2D eigenvalue weighted by atomic mass is 16.5. The maximum absolute atomic E-state index is 5.91. The maximum Gasteiger partial charge on any atom is 0.175 e. The Hall–Kier alpha value is -1.97. The number of rotatable bonds is 4. The molecule has 0 aliphatic heterocycles. The Labute approximate surface area is 107 Å². The number of ether oxygens (including phenoxy) is 1. The molecule has 0 amide bonds. The van der Waals surface area contributed by atoms with E-state index < -0.39 is 0 Å². The fourth-order valence-corrected chi connectivity index (χ4v) is 1.99. The molecule has 0 radical (unpaired) electrons. The van der Waals surface area contributed by atoms with Gasteiger partial charge in [-0.1, -0.05) is 37.2 Å². The first-order chi connectivity index (χ1) is 8.63. The molecule has 0 atom stereocenters. The minimum absolute atomic E-state index is 0.412. The van der Waals surface area contributed by atoms with Gasteiger partial charge in [-0.25, -0.2) is 0 Å².